The van der Waals surface area contributed by atoms with Gasteiger partial charge in [-0.25, -0.2) is 9.97 Å². The lowest BCUT2D eigenvalue weighted by Crippen LogP contribution is -2.45. The Labute approximate surface area is 192 Å². The van der Waals surface area contributed by atoms with Gasteiger partial charge in [-0.2, -0.15) is 0 Å². The zero-order valence-corrected chi connectivity index (χ0v) is 19.2. The molecule has 1 amide bonds. The number of pyridine rings is 1. The van der Waals surface area contributed by atoms with Gasteiger partial charge in [-0.05, 0) is 50.1 Å². The Morgan fingerprint density at radius 2 is 2.09 bits per heavy atom. The first-order chi connectivity index (χ1) is 16.0. The van der Waals surface area contributed by atoms with Crippen LogP contribution in [0.25, 0.3) is 11.2 Å². The number of rotatable bonds is 7. The van der Waals surface area contributed by atoms with E-state index >= 15 is 0 Å². The maximum Gasteiger partial charge on any atom is 0.295 e. The second-order valence-electron chi connectivity index (χ2n) is 8.01. The topological polar surface area (TPSA) is 98.6 Å². The summed E-state index contributed by atoms with van der Waals surface area (Å²) < 4.78 is 12.3. The molecule has 2 aromatic heterocycles. The molecule has 1 fully saturated rings. The quantitative estimate of drug-likeness (QED) is 0.589. The molecule has 0 saturated carbocycles. The van der Waals surface area contributed by atoms with Gasteiger partial charge in [-0.15, -0.1) is 0 Å². The zero-order valence-electron chi connectivity index (χ0n) is 19.2. The summed E-state index contributed by atoms with van der Waals surface area (Å²) in [5.74, 6) is 1.48. The molecule has 0 aliphatic carbocycles. The van der Waals surface area contributed by atoms with E-state index in [-0.39, 0.29) is 17.4 Å². The maximum atomic E-state index is 13.1. The lowest BCUT2D eigenvalue weighted by molar-refractivity contribution is -0.125. The van der Waals surface area contributed by atoms with Crippen LogP contribution in [-0.2, 0) is 17.9 Å². The fourth-order valence-corrected chi connectivity index (χ4v) is 4.29. The van der Waals surface area contributed by atoms with Gasteiger partial charge in [0.05, 0.1) is 20.1 Å². The van der Waals surface area contributed by atoms with E-state index < -0.39 is 0 Å². The van der Waals surface area contributed by atoms with Crippen LogP contribution >= 0.6 is 0 Å². The van der Waals surface area contributed by atoms with Crippen molar-refractivity contribution in [1.82, 2.24) is 19.9 Å². The van der Waals surface area contributed by atoms with E-state index in [1.165, 1.54) is 0 Å². The molecule has 1 aliphatic heterocycles. The van der Waals surface area contributed by atoms with Gasteiger partial charge in [0.25, 0.3) is 5.56 Å². The van der Waals surface area contributed by atoms with Crippen molar-refractivity contribution in [3.8, 4) is 11.5 Å². The molecule has 4 rings (SSSR count). The number of carbonyl (C=O) groups excluding carboxylic acids is 1. The van der Waals surface area contributed by atoms with Gasteiger partial charge in [-0.1, -0.05) is 0 Å². The molecule has 1 atom stereocenters. The van der Waals surface area contributed by atoms with E-state index in [0.717, 1.165) is 18.4 Å². The van der Waals surface area contributed by atoms with Crippen LogP contribution in [0.1, 0.15) is 25.3 Å². The van der Waals surface area contributed by atoms with E-state index in [4.69, 9.17) is 9.47 Å². The number of benzene rings is 1. The Kier molecular flexibility index (Phi) is 6.76. The minimum atomic E-state index is -0.240. The minimum Gasteiger partial charge on any atom is -0.497 e. The van der Waals surface area contributed by atoms with Crippen LogP contribution in [0, 0.1) is 5.92 Å². The Morgan fingerprint density at radius 1 is 1.24 bits per heavy atom. The first-order valence-electron chi connectivity index (χ1n) is 11.1. The molecular weight excluding hydrogens is 422 g/mol. The summed E-state index contributed by atoms with van der Waals surface area (Å²) in [4.78, 5) is 37.0. The molecule has 33 heavy (non-hydrogen) atoms. The summed E-state index contributed by atoms with van der Waals surface area (Å²) >= 11 is 0. The standard InChI is InChI=1S/C24H29N5O4/c1-4-29-21-19(8-5-11-25-21)27-22(24(29)31)28-12-6-7-16(15-28)23(30)26-14-17-13-18(32-2)9-10-20(17)33-3/h5,8-11,13,16H,4,6-7,12,14-15H2,1-3H3,(H,26,30). The van der Waals surface area contributed by atoms with Crippen molar-refractivity contribution in [2.45, 2.75) is 32.9 Å². The second kappa shape index (κ2) is 9.89. The molecule has 9 heteroatoms. The number of aryl methyl sites for hydroxylation is 1. The maximum absolute atomic E-state index is 13.1. The summed E-state index contributed by atoms with van der Waals surface area (Å²) in [6, 6.07) is 9.16. The van der Waals surface area contributed by atoms with Crippen LogP contribution in [0.3, 0.4) is 0 Å². The smallest absolute Gasteiger partial charge is 0.295 e. The average Bonchev–Trinajstić information content (AvgIpc) is 2.86. The number of nitrogens with zero attached hydrogens (tertiary/aromatic N) is 4. The van der Waals surface area contributed by atoms with Crippen molar-refractivity contribution in [3.05, 3.63) is 52.4 Å². The second-order valence-corrected chi connectivity index (χ2v) is 8.01. The van der Waals surface area contributed by atoms with Crippen molar-refractivity contribution in [2.24, 2.45) is 5.92 Å². The van der Waals surface area contributed by atoms with E-state index in [9.17, 15) is 9.59 Å². The highest BCUT2D eigenvalue weighted by Crippen LogP contribution is 2.25. The fraction of sp³-hybridized carbons (Fsp3) is 0.417. The van der Waals surface area contributed by atoms with Crippen LogP contribution < -0.4 is 25.2 Å². The van der Waals surface area contributed by atoms with E-state index in [2.05, 4.69) is 15.3 Å². The van der Waals surface area contributed by atoms with E-state index in [0.29, 0.717) is 54.7 Å². The van der Waals surface area contributed by atoms with Crippen LogP contribution in [0.15, 0.2) is 41.3 Å². The number of nitrogens with one attached hydrogen (secondary N) is 1. The van der Waals surface area contributed by atoms with Gasteiger partial charge < -0.3 is 19.7 Å². The average molecular weight is 452 g/mol. The summed E-state index contributed by atoms with van der Waals surface area (Å²) in [6.07, 6.45) is 3.22. The number of ether oxygens (including phenoxy) is 2. The highest BCUT2D eigenvalue weighted by molar-refractivity contribution is 5.80. The Hall–Kier alpha value is -3.62. The van der Waals surface area contributed by atoms with E-state index in [1.54, 1.807) is 25.0 Å². The van der Waals surface area contributed by atoms with Crippen LogP contribution in [0.5, 0.6) is 11.5 Å². The van der Waals surface area contributed by atoms with Gasteiger partial charge >= 0.3 is 0 Å². The molecular formula is C24H29N5O4. The molecule has 1 unspecified atom stereocenters. The van der Waals surface area contributed by atoms with Gasteiger partial charge in [0, 0.05) is 37.9 Å². The van der Waals surface area contributed by atoms with Gasteiger partial charge in [-0.3, -0.25) is 14.2 Å². The molecule has 1 aromatic carbocycles. The molecule has 174 valence electrons. The molecule has 3 aromatic rings. The van der Waals surface area contributed by atoms with Crippen molar-refractivity contribution < 1.29 is 14.3 Å². The van der Waals surface area contributed by atoms with Crippen LogP contribution in [-0.4, -0.2) is 47.8 Å². The Morgan fingerprint density at radius 3 is 2.85 bits per heavy atom. The third-order valence-corrected chi connectivity index (χ3v) is 6.03. The lowest BCUT2D eigenvalue weighted by Gasteiger charge is -2.32. The predicted octanol–water partition coefficient (Wildman–Crippen LogP) is 2.36. The fourth-order valence-electron chi connectivity index (χ4n) is 4.29. The number of piperidine rings is 1. The lowest BCUT2D eigenvalue weighted by atomic mass is 9.97. The first-order valence-corrected chi connectivity index (χ1v) is 11.1. The molecule has 9 nitrogen and oxygen atoms in total. The van der Waals surface area contributed by atoms with E-state index in [1.807, 2.05) is 42.2 Å². The number of fused-ring (bicyclic) bond motifs is 1. The summed E-state index contributed by atoms with van der Waals surface area (Å²) in [7, 11) is 3.20. The minimum absolute atomic E-state index is 0.0529. The van der Waals surface area contributed by atoms with Crippen LogP contribution in [0.4, 0.5) is 5.82 Å². The van der Waals surface area contributed by atoms with Gasteiger partial charge in [0.15, 0.2) is 11.5 Å². The number of methoxy groups -OCH3 is 2. The van der Waals surface area contributed by atoms with Crippen molar-refractivity contribution >= 4 is 22.9 Å². The summed E-state index contributed by atoms with van der Waals surface area (Å²) in [5, 5.41) is 3.02. The molecule has 0 spiro atoms. The number of hydrogen-bond acceptors (Lipinski definition) is 7. The molecule has 0 radical (unpaired) electrons. The molecule has 1 saturated heterocycles. The van der Waals surface area contributed by atoms with Crippen molar-refractivity contribution in [2.75, 3.05) is 32.2 Å². The SMILES string of the molecule is CCn1c(=O)c(N2CCCC(C(=O)NCc3cc(OC)ccc3OC)C2)nc2cccnc21. The molecule has 3 heterocycles. The Balaban J connectivity index is 1.51. The third-order valence-electron chi connectivity index (χ3n) is 6.03. The highest BCUT2D eigenvalue weighted by Gasteiger charge is 2.28. The normalized spacial score (nSPS) is 16.0. The summed E-state index contributed by atoms with van der Waals surface area (Å²) in [5.41, 5.74) is 1.91. The number of hydrogen-bond donors (Lipinski definition) is 1. The molecule has 1 aliphatic rings. The summed E-state index contributed by atoms with van der Waals surface area (Å²) in [6.45, 7) is 3.88. The molecule has 1 N–H and O–H groups in total. The van der Waals surface area contributed by atoms with Crippen molar-refractivity contribution in [1.29, 1.82) is 0 Å². The number of anilines is 1. The third kappa shape index (κ3) is 4.62. The largest absolute Gasteiger partial charge is 0.497 e. The first kappa shape index (κ1) is 22.6. The predicted molar refractivity (Wildman–Crippen MR) is 126 cm³/mol. The van der Waals surface area contributed by atoms with Gasteiger partial charge in [0.2, 0.25) is 5.91 Å². The zero-order chi connectivity index (χ0) is 23.4. The highest BCUT2D eigenvalue weighted by atomic mass is 16.5. The number of amides is 1. The number of carbonyl (C=O) groups is 1. The monoisotopic (exact) mass is 451 g/mol. The van der Waals surface area contributed by atoms with Crippen molar-refractivity contribution in [3.63, 3.8) is 0 Å². The number of aromatic nitrogens is 3. The Bertz CT molecular complexity index is 1210. The van der Waals surface area contributed by atoms with Crippen LogP contribution in [0.2, 0.25) is 0 Å². The van der Waals surface area contributed by atoms with Gasteiger partial charge in [0.1, 0.15) is 17.0 Å². The molecule has 0 bridgehead atoms.